The molecule has 0 aliphatic carbocycles. The maximum absolute atomic E-state index is 2.45. The summed E-state index contributed by atoms with van der Waals surface area (Å²) in [7, 11) is 0. The molecule has 11 aromatic rings. The molecule has 0 aliphatic heterocycles. The Hall–Kier alpha value is -5.54. The Bertz CT molecular complexity index is 3060. The van der Waals surface area contributed by atoms with E-state index in [2.05, 4.69) is 158 Å². The van der Waals surface area contributed by atoms with Crippen molar-refractivity contribution in [2.75, 3.05) is 0 Å². The smallest absolute Gasteiger partial charge is 0.0362 e. The molecule has 2 heteroatoms. The highest BCUT2D eigenvalue weighted by Gasteiger charge is 2.19. The van der Waals surface area contributed by atoms with E-state index in [1.165, 1.54) is 106 Å². The largest absolute Gasteiger partial charge is 0.135 e. The first-order chi connectivity index (χ1) is 23.8. The highest BCUT2D eigenvalue weighted by molar-refractivity contribution is 7.26. The van der Waals surface area contributed by atoms with Crippen LogP contribution in [0.4, 0.5) is 0 Å². The number of hydrogen-bond acceptors (Lipinski definition) is 2. The first-order valence-corrected chi connectivity index (χ1v) is 18.1. The van der Waals surface area contributed by atoms with E-state index < -0.39 is 0 Å². The van der Waals surface area contributed by atoms with Gasteiger partial charge >= 0.3 is 0 Å². The van der Waals surface area contributed by atoms with Crippen LogP contribution in [0.15, 0.2) is 158 Å². The van der Waals surface area contributed by atoms with E-state index in [9.17, 15) is 0 Å². The van der Waals surface area contributed by atoms with Gasteiger partial charge in [-0.1, -0.05) is 121 Å². The van der Waals surface area contributed by atoms with Crippen LogP contribution in [-0.2, 0) is 0 Å². The Morgan fingerprint density at radius 2 is 0.875 bits per heavy atom. The Morgan fingerprint density at radius 3 is 1.67 bits per heavy atom. The molecular formula is C46H26S2. The molecule has 0 amide bonds. The maximum Gasteiger partial charge on any atom is 0.0362 e. The minimum atomic E-state index is 1.26. The Labute approximate surface area is 284 Å². The predicted molar refractivity (Wildman–Crippen MR) is 213 cm³/mol. The third kappa shape index (κ3) is 3.70. The van der Waals surface area contributed by atoms with Crippen molar-refractivity contribution >= 4 is 106 Å². The molecule has 2 heterocycles. The second-order valence-electron chi connectivity index (χ2n) is 12.8. The second-order valence-corrected chi connectivity index (χ2v) is 15.0. The predicted octanol–water partition coefficient (Wildman–Crippen LogP) is 14.4. The van der Waals surface area contributed by atoms with E-state index in [0.717, 1.165) is 0 Å². The molecule has 0 radical (unpaired) electrons. The summed E-state index contributed by atoms with van der Waals surface area (Å²) in [6.45, 7) is 0. The summed E-state index contributed by atoms with van der Waals surface area (Å²) < 4.78 is 5.39. The lowest BCUT2D eigenvalue weighted by molar-refractivity contribution is 1.69. The zero-order valence-electron chi connectivity index (χ0n) is 25.8. The van der Waals surface area contributed by atoms with Gasteiger partial charge in [-0.25, -0.2) is 0 Å². The van der Waals surface area contributed by atoms with Gasteiger partial charge in [0.05, 0.1) is 0 Å². The lowest BCUT2D eigenvalue weighted by atomic mass is 9.84. The van der Waals surface area contributed by atoms with E-state index in [-0.39, 0.29) is 0 Å². The maximum atomic E-state index is 2.45. The van der Waals surface area contributed by atoms with Crippen molar-refractivity contribution in [2.24, 2.45) is 0 Å². The number of benzene rings is 9. The monoisotopic (exact) mass is 642 g/mol. The van der Waals surface area contributed by atoms with Crippen LogP contribution in [0.5, 0.6) is 0 Å². The number of fused-ring (bicyclic) bond motifs is 11. The molecule has 48 heavy (non-hydrogen) atoms. The summed E-state index contributed by atoms with van der Waals surface area (Å²) in [5.41, 5.74) is 5.16. The van der Waals surface area contributed by atoms with Crippen molar-refractivity contribution in [3.63, 3.8) is 0 Å². The molecule has 0 aliphatic rings. The van der Waals surface area contributed by atoms with Crippen LogP contribution in [0.3, 0.4) is 0 Å². The van der Waals surface area contributed by atoms with E-state index >= 15 is 0 Å². The van der Waals surface area contributed by atoms with Crippen LogP contribution in [0.25, 0.3) is 106 Å². The summed E-state index contributed by atoms with van der Waals surface area (Å²) in [6, 6.07) is 58.9. The van der Waals surface area contributed by atoms with Gasteiger partial charge in [-0.15, -0.1) is 22.7 Å². The molecule has 0 saturated heterocycles. The van der Waals surface area contributed by atoms with E-state index in [4.69, 9.17) is 0 Å². The van der Waals surface area contributed by atoms with Crippen LogP contribution in [0.2, 0.25) is 0 Å². The van der Waals surface area contributed by atoms with Gasteiger partial charge < -0.3 is 0 Å². The number of rotatable bonds is 2. The van der Waals surface area contributed by atoms with Gasteiger partial charge in [-0.2, -0.15) is 0 Å². The molecule has 0 unspecified atom stereocenters. The summed E-state index contributed by atoms with van der Waals surface area (Å²) in [6.07, 6.45) is 0. The lowest BCUT2D eigenvalue weighted by Gasteiger charge is -2.19. The normalized spacial score (nSPS) is 12.2. The van der Waals surface area contributed by atoms with Crippen molar-refractivity contribution in [1.82, 2.24) is 0 Å². The molecule has 0 spiro atoms. The SMILES string of the molecule is c1ccc2c(-c3c4ccccc4c(-c4ccc5sc6cc7c(ccc8sc9ccccc9c87)cc6c5c4)c4ccccc34)cccc2c1. The third-order valence-corrected chi connectivity index (χ3v) is 12.5. The van der Waals surface area contributed by atoms with Gasteiger partial charge in [0.15, 0.2) is 0 Å². The van der Waals surface area contributed by atoms with Crippen molar-refractivity contribution < 1.29 is 0 Å². The number of thiophene rings is 2. The molecule has 0 fully saturated rings. The number of hydrogen-bond donors (Lipinski definition) is 0. The molecule has 11 rings (SSSR count). The standard InChI is InChI=1S/C46H26S2/c1-2-12-30-27(10-1)11-9-18-31(30)45-34-15-5-3-13-32(34)44(33-14-4-6-16-35(33)45)29-21-22-41-38(25-29)39-24-28-20-23-42-46(37(28)26-43(39)48-41)36-17-7-8-19-40(36)47-42/h1-26H. The van der Waals surface area contributed by atoms with Crippen molar-refractivity contribution in [2.45, 2.75) is 0 Å². The van der Waals surface area contributed by atoms with Crippen molar-refractivity contribution in [3.05, 3.63) is 158 Å². The fourth-order valence-electron chi connectivity index (χ4n) is 8.15. The molecule has 0 bridgehead atoms. The van der Waals surface area contributed by atoms with Gasteiger partial charge in [0.2, 0.25) is 0 Å². The van der Waals surface area contributed by atoms with E-state index in [1.807, 2.05) is 22.7 Å². The van der Waals surface area contributed by atoms with Crippen LogP contribution in [0, 0.1) is 0 Å². The van der Waals surface area contributed by atoms with Gasteiger partial charge in [-0.05, 0) is 102 Å². The quantitative estimate of drug-likeness (QED) is 0.165. The fraction of sp³-hybridized carbons (Fsp3) is 0. The average Bonchev–Trinajstić information content (AvgIpc) is 3.70. The Balaban J connectivity index is 1.19. The van der Waals surface area contributed by atoms with E-state index in [1.54, 1.807) is 0 Å². The highest BCUT2D eigenvalue weighted by Crippen LogP contribution is 2.47. The molecule has 2 aromatic heterocycles. The molecule has 0 nitrogen and oxygen atoms in total. The lowest BCUT2D eigenvalue weighted by Crippen LogP contribution is -1.91. The molecule has 222 valence electrons. The van der Waals surface area contributed by atoms with Crippen LogP contribution < -0.4 is 0 Å². The Kier molecular flexibility index (Phi) is 5.51. The van der Waals surface area contributed by atoms with Crippen LogP contribution >= 0.6 is 22.7 Å². The topological polar surface area (TPSA) is 0 Å². The minimum absolute atomic E-state index is 1.26. The summed E-state index contributed by atoms with van der Waals surface area (Å²) in [5.74, 6) is 0. The van der Waals surface area contributed by atoms with Crippen LogP contribution in [-0.4, -0.2) is 0 Å². The van der Waals surface area contributed by atoms with Crippen molar-refractivity contribution in [1.29, 1.82) is 0 Å². The second kappa shape index (κ2) is 9.98. The van der Waals surface area contributed by atoms with Gasteiger partial charge in [-0.3, -0.25) is 0 Å². The molecule has 0 N–H and O–H groups in total. The average molecular weight is 643 g/mol. The van der Waals surface area contributed by atoms with Gasteiger partial charge in [0, 0.05) is 40.3 Å². The van der Waals surface area contributed by atoms with Gasteiger partial charge in [0.25, 0.3) is 0 Å². The summed E-state index contributed by atoms with van der Waals surface area (Å²) in [5, 5.41) is 15.8. The molecule has 0 saturated carbocycles. The summed E-state index contributed by atoms with van der Waals surface area (Å²) in [4.78, 5) is 0. The van der Waals surface area contributed by atoms with Gasteiger partial charge in [0.1, 0.15) is 0 Å². The van der Waals surface area contributed by atoms with Crippen LogP contribution in [0.1, 0.15) is 0 Å². The zero-order chi connectivity index (χ0) is 31.3. The Morgan fingerprint density at radius 1 is 0.292 bits per heavy atom. The first-order valence-electron chi connectivity index (χ1n) is 16.4. The zero-order valence-corrected chi connectivity index (χ0v) is 27.5. The first kappa shape index (κ1) is 26.5. The third-order valence-electron chi connectivity index (χ3n) is 10.2. The highest BCUT2D eigenvalue weighted by atomic mass is 32.1. The van der Waals surface area contributed by atoms with Crippen molar-refractivity contribution in [3.8, 4) is 22.3 Å². The molecule has 9 aromatic carbocycles. The van der Waals surface area contributed by atoms with E-state index in [0.29, 0.717) is 0 Å². The fourth-order valence-corrected chi connectivity index (χ4v) is 10.4. The molecular weight excluding hydrogens is 617 g/mol. The molecule has 0 atom stereocenters. The minimum Gasteiger partial charge on any atom is -0.135 e. The summed E-state index contributed by atoms with van der Waals surface area (Å²) >= 11 is 3.80.